The van der Waals surface area contributed by atoms with Crippen molar-refractivity contribution in [3.63, 3.8) is 0 Å². The van der Waals surface area contributed by atoms with Crippen molar-refractivity contribution in [3.05, 3.63) is 36.5 Å². The Kier molecular flexibility index (Phi) is 40.3. The highest BCUT2D eigenvalue weighted by Gasteiger charge is 2.21. The van der Waals surface area contributed by atoms with Crippen LogP contribution >= 0.6 is 7.82 Å². The molecule has 0 aromatic carbocycles. The molecule has 0 heterocycles. The average molecular weight is 854 g/mol. The largest absolute Gasteiger partial charge is 0.756 e. The number of quaternary nitrogens is 1. The van der Waals surface area contributed by atoms with Crippen molar-refractivity contribution in [2.75, 3.05) is 47.5 Å². The summed E-state index contributed by atoms with van der Waals surface area (Å²) in [6.45, 7) is 4.21. The summed E-state index contributed by atoms with van der Waals surface area (Å²) in [5.41, 5.74) is 0. The first-order valence-electron chi connectivity index (χ1n) is 24.2. The monoisotopic (exact) mass is 854 g/mol. The van der Waals surface area contributed by atoms with Gasteiger partial charge in [0.05, 0.1) is 27.7 Å². The van der Waals surface area contributed by atoms with E-state index in [-0.39, 0.29) is 32.0 Å². The van der Waals surface area contributed by atoms with Crippen molar-refractivity contribution < 1.29 is 42.1 Å². The van der Waals surface area contributed by atoms with Crippen LogP contribution in [0, 0.1) is 0 Å². The predicted octanol–water partition coefficient (Wildman–Crippen LogP) is 13.5. The molecule has 0 saturated heterocycles. The molecule has 0 radical (unpaired) electrons. The number of phosphoric ester groups is 1. The number of carbonyl (C=O) groups is 2. The van der Waals surface area contributed by atoms with E-state index in [0.717, 1.165) is 64.2 Å². The van der Waals surface area contributed by atoms with Gasteiger partial charge in [-0.1, -0.05) is 166 Å². The quantitative estimate of drug-likeness (QED) is 0.0196. The summed E-state index contributed by atoms with van der Waals surface area (Å²) in [6.07, 6.45) is 47.3. The number of ether oxygens (including phenoxy) is 2. The van der Waals surface area contributed by atoms with Crippen LogP contribution in [-0.4, -0.2) is 70.0 Å². The number of unbranched alkanes of at least 4 members (excludes halogenated alkanes) is 24. The molecule has 0 fully saturated rings. The summed E-state index contributed by atoms with van der Waals surface area (Å²) in [5, 5.41) is 0. The Balaban J connectivity index is 4.32. The molecule has 10 heteroatoms. The first-order valence-corrected chi connectivity index (χ1v) is 25.7. The minimum Gasteiger partial charge on any atom is -0.756 e. The van der Waals surface area contributed by atoms with Gasteiger partial charge in [-0.2, -0.15) is 0 Å². The molecular formula is C49H92NO8P. The molecule has 2 unspecified atom stereocenters. The lowest BCUT2D eigenvalue weighted by atomic mass is 10.1. The van der Waals surface area contributed by atoms with E-state index in [2.05, 4.69) is 50.3 Å². The van der Waals surface area contributed by atoms with Crippen LogP contribution in [0.3, 0.4) is 0 Å². The van der Waals surface area contributed by atoms with Gasteiger partial charge < -0.3 is 27.9 Å². The zero-order valence-corrected chi connectivity index (χ0v) is 39.8. The Morgan fingerprint density at radius 2 is 0.915 bits per heavy atom. The van der Waals surface area contributed by atoms with Crippen molar-refractivity contribution in [1.29, 1.82) is 0 Å². The molecule has 0 saturated carbocycles. The van der Waals surface area contributed by atoms with Crippen LogP contribution in [-0.2, 0) is 32.7 Å². The molecular weight excluding hydrogens is 762 g/mol. The van der Waals surface area contributed by atoms with Crippen molar-refractivity contribution in [2.24, 2.45) is 0 Å². The standard InChI is InChI=1S/C49H92NO8P/c1-6-8-10-12-14-16-18-20-22-24-26-28-30-32-34-36-38-40-42-49(52)58-47(46-57-59(53,54)56-44-43-50(3,4)5)45-55-48(51)41-39-37-35-33-31-29-27-25-23-21-19-17-15-13-11-9-7-2/h16,18,21-24,47H,6-15,17,19-20,25-46H2,1-5H3/b18-16-,23-21-,24-22-. The lowest BCUT2D eigenvalue weighted by molar-refractivity contribution is -0.870. The average Bonchev–Trinajstić information content (AvgIpc) is 3.19. The Morgan fingerprint density at radius 1 is 0.525 bits per heavy atom. The second-order valence-electron chi connectivity index (χ2n) is 17.5. The molecule has 0 aliphatic rings. The first kappa shape index (κ1) is 57.2. The van der Waals surface area contributed by atoms with Gasteiger partial charge in [0.15, 0.2) is 6.10 Å². The highest BCUT2D eigenvalue weighted by Crippen LogP contribution is 2.38. The van der Waals surface area contributed by atoms with Gasteiger partial charge in [0.1, 0.15) is 19.8 Å². The van der Waals surface area contributed by atoms with Gasteiger partial charge in [-0.15, -0.1) is 0 Å². The Bertz CT molecular complexity index is 1100. The Labute approximate surface area is 363 Å². The summed E-state index contributed by atoms with van der Waals surface area (Å²) < 4.78 is 34.0. The van der Waals surface area contributed by atoms with Gasteiger partial charge in [-0.05, 0) is 70.6 Å². The number of rotatable bonds is 44. The van der Waals surface area contributed by atoms with Crippen LogP contribution in [0.25, 0.3) is 0 Å². The number of nitrogens with zero attached hydrogens (tertiary/aromatic N) is 1. The third-order valence-electron chi connectivity index (χ3n) is 10.4. The first-order chi connectivity index (χ1) is 28.5. The Hall–Kier alpha value is -1.77. The maximum Gasteiger partial charge on any atom is 0.306 e. The normalized spacial score (nSPS) is 13.8. The number of hydrogen-bond donors (Lipinski definition) is 0. The number of esters is 2. The topological polar surface area (TPSA) is 111 Å². The van der Waals surface area contributed by atoms with Crippen molar-refractivity contribution >= 4 is 19.8 Å². The highest BCUT2D eigenvalue weighted by atomic mass is 31.2. The van der Waals surface area contributed by atoms with Crippen LogP contribution in [0.2, 0.25) is 0 Å². The smallest absolute Gasteiger partial charge is 0.306 e. The van der Waals surface area contributed by atoms with Crippen LogP contribution < -0.4 is 4.89 Å². The molecule has 2 atom stereocenters. The van der Waals surface area contributed by atoms with E-state index in [4.69, 9.17) is 18.5 Å². The summed E-state index contributed by atoms with van der Waals surface area (Å²) in [4.78, 5) is 37.6. The summed E-state index contributed by atoms with van der Waals surface area (Å²) >= 11 is 0. The van der Waals surface area contributed by atoms with Gasteiger partial charge in [-0.3, -0.25) is 14.2 Å². The van der Waals surface area contributed by atoms with E-state index in [1.807, 2.05) is 21.1 Å². The Morgan fingerprint density at radius 3 is 1.37 bits per heavy atom. The fraction of sp³-hybridized carbons (Fsp3) is 0.837. The van der Waals surface area contributed by atoms with Gasteiger partial charge in [-0.25, -0.2) is 0 Å². The van der Waals surface area contributed by atoms with Gasteiger partial charge in [0, 0.05) is 12.8 Å². The second-order valence-corrected chi connectivity index (χ2v) is 18.9. The van der Waals surface area contributed by atoms with E-state index >= 15 is 0 Å². The van der Waals surface area contributed by atoms with Crippen molar-refractivity contribution in [2.45, 2.75) is 219 Å². The fourth-order valence-corrected chi connectivity index (χ4v) is 7.29. The van der Waals surface area contributed by atoms with E-state index in [1.54, 1.807) is 0 Å². The van der Waals surface area contributed by atoms with E-state index in [9.17, 15) is 19.0 Å². The number of allylic oxidation sites excluding steroid dienone is 6. The van der Waals surface area contributed by atoms with Crippen molar-refractivity contribution in [1.82, 2.24) is 0 Å². The van der Waals surface area contributed by atoms with Crippen LogP contribution in [0.4, 0.5) is 0 Å². The molecule has 0 aliphatic heterocycles. The van der Waals surface area contributed by atoms with E-state index in [1.165, 1.54) is 116 Å². The van der Waals surface area contributed by atoms with E-state index in [0.29, 0.717) is 17.4 Å². The van der Waals surface area contributed by atoms with Gasteiger partial charge in [0.25, 0.3) is 7.82 Å². The molecule has 0 bridgehead atoms. The number of carbonyl (C=O) groups excluding carboxylic acids is 2. The SMILES string of the molecule is CCCCCC/C=C\C/C=C\CCCCCCCCCC(=O)OC(COC(=O)CCCCCCCCC/C=C\CCCCCCCC)COP(=O)([O-])OCC[N+](C)(C)C. The minimum absolute atomic E-state index is 0.0331. The van der Waals surface area contributed by atoms with Crippen molar-refractivity contribution in [3.8, 4) is 0 Å². The van der Waals surface area contributed by atoms with Gasteiger partial charge >= 0.3 is 11.9 Å². The highest BCUT2D eigenvalue weighted by molar-refractivity contribution is 7.45. The summed E-state index contributed by atoms with van der Waals surface area (Å²) in [5.74, 6) is -0.844. The van der Waals surface area contributed by atoms with E-state index < -0.39 is 26.5 Å². The molecule has 0 aliphatic carbocycles. The number of likely N-dealkylation sites (N-methyl/N-ethyl adjacent to an activating group) is 1. The molecule has 0 aromatic heterocycles. The fourth-order valence-electron chi connectivity index (χ4n) is 6.56. The molecule has 346 valence electrons. The molecule has 0 rings (SSSR count). The van der Waals surface area contributed by atoms with Crippen LogP contribution in [0.15, 0.2) is 36.5 Å². The number of phosphoric acid groups is 1. The lowest BCUT2D eigenvalue weighted by Crippen LogP contribution is -2.37. The third kappa shape index (κ3) is 45.6. The van der Waals surface area contributed by atoms with Crippen LogP contribution in [0.5, 0.6) is 0 Å². The second kappa shape index (κ2) is 41.6. The minimum atomic E-state index is -4.63. The molecule has 9 nitrogen and oxygen atoms in total. The summed E-state index contributed by atoms with van der Waals surface area (Å²) in [6, 6.07) is 0. The maximum absolute atomic E-state index is 12.7. The summed E-state index contributed by atoms with van der Waals surface area (Å²) in [7, 11) is 1.16. The predicted molar refractivity (Wildman–Crippen MR) is 245 cm³/mol. The molecule has 0 amide bonds. The molecule has 59 heavy (non-hydrogen) atoms. The molecule has 0 N–H and O–H groups in total. The lowest BCUT2D eigenvalue weighted by Gasteiger charge is -2.28. The van der Waals surface area contributed by atoms with Gasteiger partial charge in [0.2, 0.25) is 0 Å². The number of hydrogen-bond acceptors (Lipinski definition) is 8. The molecule has 0 aromatic rings. The zero-order chi connectivity index (χ0) is 43.6. The third-order valence-corrected chi connectivity index (χ3v) is 11.3. The zero-order valence-electron chi connectivity index (χ0n) is 39.0. The molecule has 0 spiro atoms. The van der Waals surface area contributed by atoms with Crippen LogP contribution in [0.1, 0.15) is 213 Å². The maximum atomic E-state index is 12.7.